The number of aliphatic hydroxyl groups excluding tert-OH is 3. The highest BCUT2D eigenvalue weighted by Gasteiger charge is 2.46. The Balaban J connectivity index is 2.72. The molecule has 1 heterocycles. The fraction of sp³-hybridized carbons (Fsp3) is 1.00. The van der Waals surface area contributed by atoms with Crippen LogP contribution in [-0.4, -0.2) is 51.1 Å². The maximum absolute atomic E-state index is 9.41. The maximum Gasteiger partial charge on any atom is 0.218 e. The first-order chi connectivity index (χ1) is 5.49. The average Bonchev–Trinajstić information content (AvgIpc) is 2.00. The third kappa shape index (κ3) is 1.60. The van der Waals surface area contributed by atoms with Crippen molar-refractivity contribution in [2.24, 2.45) is 0 Å². The van der Waals surface area contributed by atoms with Crippen molar-refractivity contribution in [1.82, 2.24) is 0 Å². The molecule has 4 unspecified atom stereocenters. The molecule has 0 aromatic heterocycles. The topological polar surface area (TPSA) is 90.2 Å². The summed E-state index contributed by atoms with van der Waals surface area (Å²) in [7, 11) is 0. The van der Waals surface area contributed by atoms with E-state index < -0.39 is 24.6 Å². The van der Waals surface area contributed by atoms with Crippen LogP contribution in [0.4, 0.5) is 0 Å². The lowest BCUT2D eigenvalue weighted by molar-refractivity contribution is -0.329. The van der Waals surface area contributed by atoms with Gasteiger partial charge in [0.2, 0.25) is 5.79 Å². The molecule has 0 spiro atoms. The third-order valence-electron chi connectivity index (χ3n) is 2.03. The van der Waals surface area contributed by atoms with E-state index in [9.17, 15) is 15.3 Å². The van der Waals surface area contributed by atoms with Crippen molar-refractivity contribution in [3.05, 3.63) is 0 Å². The minimum absolute atomic E-state index is 0.253. The van der Waals surface area contributed by atoms with E-state index in [2.05, 4.69) is 0 Å². The van der Waals surface area contributed by atoms with Crippen LogP contribution in [0.1, 0.15) is 13.3 Å². The number of hydrogen-bond donors (Lipinski definition) is 4. The van der Waals surface area contributed by atoms with Gasteiger partial charge in [-0.1, -0.05) is 0 Å². The Labute approximate surface area is 70.2 Å². The second-order valence-electron chi connectivity index (χ2n) is 3.18. The van der Waals surface area contributed by atoms with Crippen LogP contribution in [0, 0.1) is 0 Å². The molecule has 5 heteroatoms. The van der Waals surface area contributed by atoms with E-state index in [0.717, 1.165) is 0 Å². The summed E-state index contributed by atoms with van der Waals surface area (Å²) in [5, 5.41) is 36.6. The van der Waals surface area contributed by atoms with Gasteiger partial charge in [0, 0.05) is 6.42 Å². The van der Waals surface area contributed by atoms with Crippen LogP contribution >= 0.6 is 0 Å². The highest BCUT2D eigenvalue weighted by molar-refractivity contribution is 4.88. The summed E-state index contributed by atoms with van der Waals surface area (Å²) in [5.41, 5.74) is 0. The van der Waals surface area contributed by atoms with E-state index in [0.29, 0.717) is 0 Å². The van der Waals surface area contributed by atoms with Gasteiger partial charge in [-0.05, 0) is 6.92 Å². The van der Waals surface area contributed by atoms with Crippen LogP contribution < -0.4 is 0 Å². The summed E-state index contributed by atoms with van der Waals surface area (Å²) >= 11 is 0. The van der Waals surface area contributed by atoms with Gasteiger partial charge in [-0.15, -0.1) is 0 Å². The van der Waals surface area contributed by atoms with Gasteiger partial charge in [0.05, 0.1) is 18.8 Å². The number of hydrogen-bond acceptors (Lipinski definition) is 5. The normalized spacial score (nSPS) is 49.2. The summed E-state index contributed by atoms with van der Waals surface area (Å²) in [6.45, 7) is 0.922. The molecule has 0 saturated carbocycles. The maximum atomic E-state index is 9.41. The highest BCUT2D eigenvalue weighted by atomic mass is 16.7. The molecule has 4 N–H and O–H groups in total. The number of aliphatic hydroxyl groups is 4. The first kappa shape index (κ1) is 9.88. The number of rotatable bonds is 1. The van der Waals surface area contributed by atoms with Crippen LogP contribution in [0.25, 0.3) is 0 Å². The minimum Gasteiger partial charge on any atom is -0.391 e. The smallest absolute Gasteiger partial charge is 0.218 e. The van der Waals surface area contributed by atoms with Crippen LogP contribution in [-0.2, 0) is 4.74 Å². The molecule has 0 amide bonds. The predicted molar refractivity (Wildman–Crippen MR) is 39.2 cm³/mol. The monoisotopic (exact) mass is 178 g/mol. The first-order valence-corrected chi connectivity index (χ1v) is 3.87. The Hall–Kier alpha value is -0.200. The molecule has 0 aromatic carbocycles. The molecule has 4 atom stereocenters. The van der Waals surface area contributed by atoms with Crippen molar-refractivity contribution in [1.29, 1.82) is 0 Å². The standard InChI is InChI=1S/C7H14O5/c1-4-2-5(9)6(10)7(11,3-8)12-4/h4-6,8-11H,2-3H2,1H3. The fourth-order valence-electron chi connectivity index (χ4n) is 1.37. The Bertz CT molecular complexity index is 162. The molecule has 1 fully saturated rings. The lowest BCUT2D eigenvalue weighted by Gasteiger charge is -2.41. The third-order valence-corrected chi connectivity index (χ3v) is 2.03. The minimum atomic E-state index is -2.02. The molecule has 72 valence electrons. The summed E-state index contributed by atoms with van der Waals surface area (Å²) in [6.07, 6.45) is -2.62. The van der Waals surface area contributed by atoms with E-state index in [4.69, 9.17) is 9.84 Å². The Morgan fingerprint density at radius 1 is 1.50 bits per heavy atom. The van der Waals surface area contributed by atoms with E-state index in [1.807, 2.05) is 0 Å². The lowest BCUT2D eigenvalue weighted by atomic mass is 9.96. The molecule has 0 aromatic rings. The van der Waals surface area contributed by atoms with Crippen molar-refractivity contribution in [2.75, 3.05) is 6.61 Å². The SMILES string of the molecule is CC1CC(O)C(O)C(O)(CO)O1. The summed E-state index contributed by atoms with van der Waals surface area (Å²) in [5.74, 6) is -2.02. The zero-order chi connectivity index (χ0) is 9.35. The predicted octanol–water partition coefficient (Wildman–Crippen LogP) is -1.80. The largest absolute Gasteiger partial charge is 0.391 e. The molecule has 0 radical (unpaired) electrons. The van der Waals surface area contributed by atoms with Gasteiger partial charge >= 0.3 is 0 Å². The molecule has 0 bridgehead atoms. The summed E-state index contributed by atoms with van der Waals surface area (Å²) in [4.78, 5) is 0. The summed E-state index contributed by atoms with van der Waals surface area (Å²) in [6, 6.07) is 0. The van der Waals surface area contributed by atoms with E-state index >= 15 is 0 Å². The molecular weight excluding hydrogens is 164 g/mol. The van der Waals surface area contributed by atoms with Crippen molar-refractivity contribution in [3.63, 3.8) is 0 Å². The Morgan fingerprint density at radius 3 is 2.58 bits per heavy atom. The van der Waals surface area contributed by atoms with E-state index in [-0.39, 0.29) is 12.5 Å². The van der Waals surface area contributed by atoms with Crippen molar-refractivity contribution >= 4 is 0 Å². The van der Waals surface area contributed by atoms with Gasteiger partial charge in [0.1, 0.15) is 6.10 Å². The van der Waals surface area contributed by atoms with E-state index in [1.165, 1.54) is 0 Å². The fourth-order valence-corrected chi connectivity index (χ4v) is 1.37. The van der Waals surface area contributed by atoms with Gasteiger partial charge in [-0.2, -0.15) is 0 Å². The average molecular weight is 178 g/mol. The number of ether oxygens (including phenoxy) is 1. The van der Waals surface area contributed by atoms with Gasteiger partial charge in [0.25, 0.3) is 0 Å². The second kappa shape index (κ2) is 3.27. The quantitative estimate of drug-likeness (QED) is 0.380. The second-order valence-corrected chi connectivity index (χ2v) is 3.18. The van der Waals surface area contributed by atoms with Gasteiger partial charge in [0.15, 0.2) is 0 Å². The molecule has 5 nitrogen and oxygen atoms in total. The molecule has 1 rings (SSSR count). The van der Waals surface area contributed by atoms with Crippen molar-refractivity contribution in [2.45, 2.75) is 37.4 Å². The van der Waals surface area contributed by atoms with Crippen molar-refractivity contribution < 1.29 is 25.2 Å². The van der Waals surface area contributed by atoms with E-state index in [1.54, 1.807) is 6.92 Å². The zero-order valence-electron chi connectivity index (χ0n) is 6.84. The van der Waals surface area contributed by atoms with Crippen LogP contribution in [0.15, 0.2) is 0 Å². The van der Waals surface area contributed by atoms with Crippen LogP contribution in [0.2, 0.25) is 0 Å². The van der Waals surface area contributed by atoms with Crippen LogP contribution in [0.3, 0.4) is 0 Å². The molecule has 12 heavy (non-hydrogen) atoms. The molecule has 1 aliphatic heterocycles. The van der Waals surface area contributed by atoms with Gasteiger partial charge in [-0.25, -0.2) is 0 Å². The van der Waals surface area contributed by atoms with Gasteiger partial charge < -0.3 is 25.2 Å². The summed E-state index contributed by atoms with van der Waals surface area (Å²) < 4.78 is 4.90. The molecular formula is C7H14O5. The van der Waals surface area contributed by atoms with Crippen LogP contribution in [0.5, 0.6) is 0 Å². The van der Waals surface area contributed by atoms with Gasteiger partial charge in [-0.3, -0.25) is 0 Å². The first-order valence-electron chi connectivity index (χ1n) is 3.87. The zero-order valence-corrected chi connectivity index (χ0v) is 6.84. The lowest BCUT2D eigenvalue weighted by Crippen LogP contribution is -2.59. The molecule has 1 saturated heterocycles. The Kier molecular flexibility index (Phi) is 2.70. The highest BCUT2D eigenvalue weighted by Crippen LogP contribution is 2.26. The van der Waals surface area contributed by atoms with Crippen molar-refractivity contribution in [3.8, 4) is 0 Å². The Morgan fingerprint density at radius 2 is 2.08 bits per heavy atom. The molecule has 1 aliphatic rings. The molecule has 0 aliphatic carbocycles.